The summed E-state index contributed by atoms with van der Waals surface area (Å²) in [6.45, 7) is 3.29. The lowest BCUT2D eigenvalue weighted by Crippen LogP contribution is -2.28. The first-order valence-corrected chi connectivity index (χ1v) is 6.75. The van der Waals surface area contributed by atoms with E-state index in [2.05, 4.69) is 27.2 Å². The van der Waals surface area contributed by atoms with Crippen molar-refractivity contribution in [3.05, 3.63) is 11.1 Å². The molecule has 0 bridgehead atoms. The van der Waals surface area contributed by atoms with Crippen LogP contribution in [0.4, 0.5) is 0 Å². The first-order chi connectivity index (χ1) is 7.42. The summed E-state index contributed by atoms with van der Waals surface area (Å²) in [4.78, 5) is 0. The minimum Gasteiger partial charge on any atom is -0.308 e. The predicted molar refractivity (Wildman–Crippen MR) is 62.9 cm³/mol. The fourth-order valence-electron chi connectivity index (χ4n) is 2.41. The van der Waals surface area contributed by atoms with Crippen LogP contribution in [0.5, 0.6) is 0 Å². The van der Waals surface area contributed by atoms with Gasteiger partial charge in [-0.3, -0.25) is 0 Å². The smallest absolute Gasteiger partial charge is 0.0927 e. The maximum atomic E-state index is 4.22. The van der Waals surface area contributed by atoms with Gasteiger partial charge in [-0.25, -0.2) is 0 Å². The van der Waals surface area contributed by atoms with E-state index in [1.807, 2.05) is 0 Å². The van der Waals surface area contributed by atoms with Gasteiger partial charge in [-0.2, -0.15) is 0 Å². The molecule has 15 heavy (non-hydrogen) atoms. The number of hydrogen-bond donors (Lipinski definition) is 1. The van der Waals surface area contributed by atoms with Crippen LogP contribution in [0.2, 0.25) is 0 Å². The largest absolute Gasteiger partial charge is 0.308 e. The number of nitrogens with one attached hydrogen (secondary N) is 1. The van der Waals surface area contributed by atoms with Crippen molar-refractivity contribution in [1.29, 1.82) is 0 Å². The van der Waals surface area contributed by atoms with E-state index < -0.39 is 0 Å². The Morgan fingerprint density at radius 1 is 1.53 bits per heavy atom. The molecule has 2 rings (SSSR count). The molecule has 3 nitrogen and oxygen atoms in total. The van der Waals surface area contributed by atoms with Gasteiger partial charge in [0.2, 0.25) is 0 Å². The van der Waals surface area contributed by atoms with Crippen molar-refractivity contribution in [2.24, 2.45) is 5.92 Å². The van der Waals surface area contributed by atoms with Gasteiger partial charge in [0.15, 0.2) is 0 Å². The molecule has 1 aliphatic carbocycles. The van der Waals surface area contributed by atoms with E-state index in [0.717, 1.165) is 18.2 Å². The molecule has 84 valence electrons. The van der Waals surface area contributed by atoms with E-state index in [0.29, 0.717) is 6.04 Å². The SMILES string of the molecule is CCCNC(c1csnn1)C1CCCC1. The minimum absolute atomic E-state index is 0.450. The van der Waals surface area contributed by atoms with E-state index in [9.17, 15) is 0 Å². The van der Waals surface area contributed by atoms with Gasteiger partial charge in [-0.05, 0) is 43.3 Å². The summed E-state index contributed by atoms with van der Waals surface area (Å²) in [5.74, 6) is 0.778. The molecule has 0 aromatic carbocycles. The molecule has 4 heteroatoms. The fourth-order valence-corrected chi connectivity index (χ4v) is 2.90. The van der Waals surface area contributed by atoms with E-state index in [-0.39, 0.29) is 0 Å². The van der Waals surface area contributed by atoms with Crippen LogP contribution in [0.3, 0.4) is 0 Å². The van der Waals surface area contributed by atoms with E-state index in [1.54, 1.807) is 0 Å². The molecule has 1 fully saturated rings. The summed E-state index contributed by atoms with van der Waals surface area (Å²) >= 11 is 1.46. The van der Waals surface area contributed by atoms with Crippen molar-refractivity contribution >= 4 is 11.5 Å². The summed E-state index contributed by atoms with van der Waals surface area (Å²) in [5.41, 5.74) is 1.15. The Labute approximate surface area is 95.4 Å². The highest BCUT2D eigenvalue weighted by atomic mass is 32.1. The number of nitrogens with zero attached hydrogens (tertiary/aromatic N) is 2. The quantitative estimate of drug-likeness (QED) is 0.837. The van der Waals surface area contributed by atoms with E-state index in [4.69, 9.17) is 0 Å². The van der Waals surface area contributed by atoms with Gasteiger partial charge in [-0.1, -0.05) is 24.3 Å². The molecular formula is C11H19N3S. The second-order valence-electron chi connectivity index (χ2n) is 4.31. The van der Waals surface area contributed by atoms with E-state index >= 15 is 0 Å². The topological polar surface area (TPSA) is 37.8 Å². The molecule has 1 aliphatic rings. The average Bonchev–Trinajstić information content (AvgIpc) is 2.90. The second-order valence-corrected chi connectivity index (χ2v) is 4.92. The molecule has 1 N–H and O–H groups in total. The maximum absolute atomic E-state index is 4.22. The molecule has 0 amide bonds. The van der Waals surface area contributed by atoms with Crippen LogP contribution >= 0.6 is 11.5 Å². The molecule has 1 aromatic heterocycles. The Kier molecular flexibility index (Phi) is 4.09. The molecule has 0 saturated heterocycles. The van der Waals surface area contributed by atoms with Gasteiger partial charge in [0.25, 0.3) is 0 Å². The molecule has 1 heterocycles. The van der Waals surface area contributed by atoms with Crippen LogP contribution in [0.25, 0.3) is 0 Å². The monoisotopic (exact) mass is 225 g/mol. The van der Waals surface area contributed by atoms with Crippen molar-refractivity contribution in [1.82, 2.24) is 14.9 Å². The zero-order valence-electron chi connectivity index (χ0n) is 9.28. The first-order valence-electron chi connectivity index (χ1n) is 5.92. The Morgan fingerprint density at radius 2 is 2.33 bits per heavy atom. The van der Waals surface area contributed by atoms with Crippen molar-refractivity contribution in [2.75, 3.05) is 6.54 Å². The summed E-state index contributed by atoms with van der Waals surface area (Å²) < 4.78 is 3.97. The first kappa shape index (κ1) is 11.0. The predicted octanol–water partition coefficient (Wildman–Crippen LogP) is 2.77. The van der Waals surface area contributed by atoms with Crippen LogP contribution < -0.4 is 5.32 Å². The fraction of sp³-hybridized carbons (Fsp3) is 0.818. The summed E-state index contributed by atoms with van der Waals surface area (Å²) in [7, 11) is 0. The van der Waals surface area contributed by atoms with Crippen LogP contribution in [0, 0.1) is 5.92 Å². The van der Waals surface area contributed by atoms with Gasteiger partial charge >= 0.3 is 0 Å². The lowest BCUT2D eigenvalue weighted by Gasteiger charge is -2.22. The van der Waals surface area contributed by atoms with Crippen molar-refractivity contribution in [3.8, 4) is 0 Å². The Bertz CT molecular complexity index is 267. The van der Waals surface area contributed by atoms with Crippen LogP contribution in [-0.2, 0) is 0 Å². The summed E-state index contributed by atoms with van der Waals surface area (Å²) in [5, 5.41) is 9.93. The van der Waals surface area contributed by atoms with Crippen LogP contribution in [-0.4, -0.2) is 16.1 Å². The van der Waals surface area contributed by atoms with Crippen LogP contribution in [0.15, 0.2) is 5.38 Å². The standard InChI is InChI=1S/C11H19N3S/c1-2-7-12-11(9-5-3-4-6-9)10-8-15-14-13-10/h8-9,11-12H,2-7H2,1H3. The van der Waals surface area contributed by atoms with Gasteiger partial charge in [0.1, 0.15) is 0 Å². The van der Waals surface area contributed by atoms with Crippen molar-refractivity contribution < 1.29 is 0 Å². The van der Waals surface area contributed by atoms with E-state index in [1.165, 1.54) is 43.6 Å². The maximum Gasteiger partial charge on any atom is 0.0927 e. The Hall–Kier alpha value is -0.480. The molecule has 1 aromatic rings. The number of aromatic nitrogens is 2. The zero-order valence-corrected chi connectivity index (χ0v) is 10.1. The average molecular weight is 225 g/mol. The van der Waals surface area contributed by atoms with Gasteiger partial charge in [0.05, 0.1) is 11.7 Å². The number of hydrogen-bond acceptors (Lipinski definition) is 4. The summed E-state index contributed by atoms with van der Waals surface area (Å²) in [6.07, 6.45) is 6.64. The second kappa shape index (κ2) is 5.56. The molecule has 1 unspecified atom stereocenters. The lowest BCUT2D eigenvalue weighted by atomic mass is 9.96. The highest BCUT2D eigenvalue weighted by molar-refractivity contribution is 7.03. The molecule has 1 saturated carbocycles. The Balaban J connectivity index is 2.01. The van der Waals surface area contributed by atoms with Gasteiger partial charge in [-0.15, -0.1) is 5.10 Å². The third kappa shape index (κ3) is 2.75. The lowest BCUT2D eigenvalue weighted by molar-refractivity contribution is 0.361. The number of rotatable bonds is 5. The zero-order chi connectivity index (χ0) is 10.5. The molecule has 0 spiro atoms. The third-order valence-corrected chi connectivity index (χ3v) is 3.70. The minimum atomic E-state index is 0.450. The van der Waals surface area contributed by atoms with Crippen LogP contribution in [0.1, 0.15) is 50.8 Å². The van der Waals surface area contributed by atoms with Crippen molar-refractivity contribution in [3.63, 3.8) is 0 Å². The molecular weight excluding hydrogens is 206 g/mol. The molecule has 0 radical (unpaired) electrons. The summed E-state index contributed by atoms with van der Waals surface area (Å²) in [6, 6.07) is 0.450. The third-order valence-electron chi connectivity index (χ3n) is 3.18. The highest BCUT2D eigenvalue weighted by Crippen LogP contribution is 2.35. The van der Waals surface area contributed by atoms with Gasteiger partial charge < -0.3 is 5.32 Å². The Morgan fingerprint density at radius 3 is 2.93 bits per heavy atom. The molecule has 1 atom stereocenters. The normalized spacial score (nSPS) is 19.5. The highest BCUT2D eigenvalue weighted by Gasteiger charge is 2.27. The van der Waals surface area contributed by atoms with Crippen molar-refractivity contribution in [2.45, 2.75) is 45.1 Å². The molecule has 0 aliphatic heterocycles. The van der Waals surface area contributed by atoms with Gasteiger partial charge in [0, 0.05) is 5.38 Å².